The van der Waals surface area contributed by atoms with Gasteiger partial charge in [0.1, 0.15) is 16.9 Å². The van der Waals surface area contributed by atoms with Crippen molar-refractivity contribution in [2.75, 3.05) is 0 Å². The zero-order valence-corrected chi connectivity index (χ0v) is 26.7. The van der Waals surface area contributed by atoms with Crippen LogP contribution >= 0.6 is 0 Å². The molecule has 0 saturated heterocycles. The summed E-state index contributed by atoms with van der Waals surface area (Å²) in [6.45, 7) is 8.09. The van der Waals surface area contributed by atoms with Gasteiger partial charge in [0, 0.05) is 0 Å². The molecule has 10 heteroatoms. The molecule has 0 aliphatic carbocycles. The third-order valence-corrected chi connectivity index (χ3v) is 7.86. The summed E-state index contributed by atoms with van der Waals surface area (Å²) in [4.78, 5) is 53.2. The molecule has 0 unspecified atom stereocenters. The molecule has 0 saturated carbocycles. The Kier molecular flexibility index (Phi) is 15.2. The summed E-state index contributed by atoms with van der Waals surface area (Å²) in [5.74, 6) is -3.28. The predicted molar refractivity (Wildman–Crippen MR) is 171 cm³/mol. The number of benzene rings is 2. The Bertz CT molecular complexity index is 1180. The highest BCUT2D eigenvalue weighted by Crippen LogP contribution is 2.32. The van der Waals surface area contributed by atoms with Crippen LogP contribution in [-0.4, -0.2) is 33.8 Å². The van der Waals surface area contributed by atoms with Gasteiger partial charge in [0.15, 0.2) is 0 Å². The van der Waals surface area contributed by atoms with Crippen LogP contribution in [0.15, 0.2) is 36.4 Å². The van der Waals surface area contributed by atoms with Crippen molar-refractivity contribution in [2.45, 2.75) is 111 Å². The van der Waals surface area contributed by atoms with Crippen molar-refractivity contribution in [1.82, 2.24) is 21.7 Å². The van der Waals surface area contributed by atoms with Gasteiger partial charge in [-0.1, -0.05) is 84.8 Å². The Hall–Kier alpha value is -4.08. The smallest absolute Gasteiger partial charge is 0.273 e. The van der Waals surface area contributed by atoms with E-state index in [0.29, 0.717) is 19.3 Å². The Morgan fingerprint density at radius 2 is 0.977 bits per heavy atom. The van der Waals surface area contributed by atoms with Gasteiger partial charge < -0.3 is 10.2 Å². The summed E-state index contributed by atoms with van der Waals surface area (Å²) < 4.78 is 0. The topological polar surface area (TPSA) is 157 Å². The van der Waals surface area contributed by atoms with Gasteiger partial charge in [-0.2, -0.15) is 0 Å². The van der Waals surface area contributed by atoms with Gasteiger partial charge in [-0.05, 0) is 73.9 Å². The monoisotopic (exact) mass is 610 g/mol. The average Bonchev–Trinajstić information content (AvgIpc) is 3.01. The van der Waals surface area contributed by atoms with E-state index in [0.717, 1.165) is 62.5 Å². The minimum atomic E-state index is -1.59. The first kappa shape index (κ1) is 36.1. The third kappa shape index (κ3) is 10.3. The highest BCUT2D eigenvalue weighted by Gasteiger charge is 2.45. The van der Waals surface area contributed by atoms with Crippen LogP contribution in [0.5, 0.6) is 11.5 Å². The lowest BCUT2D eigenvalue weighted by molar-refractivity contribution is -0.146. The first-order chi connectivity index (χ1) is 21.1. The van der Waals surface area contributed by atoms with Gasteiger partial charge in [0.25, 0.3) is 23.6 Å². The minimum Gasteiger partial charge on any atom is -0.507 e. The zero-order chi connectivity index (χ0) is 32.5. The number of carbonyl (C=O) groups is 4. The minimum absolute atomic E-state index is 0.00655. The molecule has 10 nitrogen and oxygen atoms in total. The molecule has 0 aliphatic heterocycles. The number of aryl methyl sites for hydroxylation is 2. The second kappa shape index (κ2) is 18.6. The molecule has 6 N–H and O–H groups in total. The van der Waals surface area contributed by atoms with Gasteiger partial charge >= 0.3 is 0 Å². The zero-order valence-electron chi connectivity index (χ0n) is 26.7. The van der Waals surface area contributed by atoms with Crippen LogP contribution in [0.3, 0.4) is 0 Å². The SMILES string of the molecule is CCCCCC(CCCC)(C(=O)NNC(=O)c1ccc(CCCC)cc1O)C(=O)NNC(=O)c1ccc(CCCC)cc1O. The van der Waals surface area contributed by atoms with E-state index < -0.39 is 29.0 Å². The van der Waals surface area contributed by atoms with E-state index in [4.69, 9.17) is 0 Å². The fourth-order valence-electron chi connectivity index (χ4n) is 5.05. The van der Waals surface area contributed by atoms with Crippen molar-refractivity contribution in [3.63, 3.8) is 0 Å². The lowest BCUT2D eigenvalue weighted by atomic mass is 9.76. The largest absolute Gasteiger partial charge is 0.507 e. The number of rotatable bonds is 17. The normalized spacial score (nSPS) is 11.1. The Morgan fingerprint density at radius 1 is 0.568 bits per heavy atom. The quantitative estimate of drug-likeness (QED) is 0.0759. The summed E-state index contributed by atoms with van der Waals surface area (Å²) in [6.07, 6.45) is 9.31. The van der Waals surface area contributed by atoms with Gasteiger partial charge in [-0.25, -0.2) is 0 Å². The summed E-state index contributed by atoms with van der Waals surface area (Å²) in [6, 6.07) is 9.59. The van der Waals surface area contributed by atoms with E-state index in [1.54, 1.807) is 12.1 Å². The molecule has 0 atom stereocenters. The number of hydrazine groups is 2. The summed E-state index contributed by atoms with van der Waals surface area (Å²) >= 11 is 0. The lowest BCUT2D eigenvalue weighted by Gasteiger charge is -2.31. The van der Waals surface area contributed by atoms with Crippen LogP contribution in [0.25, 0.3) is 0 Å². The van der Waals surface area contributed by atoms with E-state index in [1.165, 1.54) is 24.3 Å². The molecule has 0 heterocycles. The Morgan fingerprint density at radius 3 is 1.36 bits per heavy atom. The Balaban J connectivity index is 2.21. The maximum atomic E-state index is 13.7. The number of unbranched alkanes of at least 4 members (excludes halogenated alkanes) is 5. The fourth-order valence-corrected chi connectivity index (χ4v) is 5.05. The van der Waals surface area contributed by atoms with Crippen molar-refractivity contribution in [3.05, 3.63) is 58.7 Å². The van der Waals surface area contributed by atoms with Crippen LogP contribution in [0.2, 0.25) is 0 Å². The second-order valence-corrected chi connectivity index (χ2v) is 11.4. The molecule has 2 aromatic carbocycles. The first-order valence-electron chi connectivity index (χ1n) is 16.0. The van der Waals surface area contributed by atoms with Gasteiger partial charge in [0.05, 0.1) is 11.1 Å². The van der Waals surface area contributed by atoms with Crippen molar-refractivity contribution in [1.29, 1.82) is 0 Å². The van der Waals surface area contributed by atoms with Gasteiger partial charge in [-0.15, -0.1) is 0 Å². The number of hydrogen-bond donors (Lipinski definition) is 6. The van der Waals surface area contributed by atoms with Crippen LogP contribution in [0.4, 0.5) is 0 Å². The molecular weight excluding hydrogens is 560 g/mol. The maximum Gasteiger partial charge on any atom is 0.273 e. The summed E-state index contributed by atoms with van der Waals surface area (Å²) in [7, 11) is 0. The number of nitrogens with one attached hydrogen (secondary N) is 4. The van der Waals surface area contributed by atoms with Crippen LogP contribution in [0.1, 0.15) is 130 Å². The molecule has 4 amide bonds. The maximum absolute atomic E-state index is 13.7. The summed E-state index contributed by atoms with van der Waals surface area (Å²) in [5, 5.41) is 20.9. The number of hydrogen-bond acceptors (Lipinski definition) is 6. The molecule has 0 spiro atoms. The van der Waals surface area contributed by atoms with Crippen LogP contribution < -0.4 is 21.7 Å². The molecule has 0 bridgehead atoms. The molecule has 2 rings (SSSR count). The number of phenols is 2. The molecule has 0 aliphatic rings. The van der Waals surface area contributed by atoms with Crippen molar-refractivity contribution in [3.8, 4) is 11.5 Å². The molecule has 0 fully saturated rings. The van der Waals surface area contributed by atoms with E-state index in [9.17, 15) is 29.4 Å². The number of amides is 4. The van der Waals surface area contributed by atoms with E-state index in [1.807, 2.05) is 13.8 Å². The summed E-state index contributed by atoms with van der Waals surface area (Å²) in [5.41, 5.74) is 9.70. The molecular formula is C34H50N4O6. The lowest BCUT2D eigenvalue weighted by Crippen LogP contribution is -2.58. The van der Waals surface area contributed by atoms with Crippen molar-refractivity contribution in [2.24, 2.45) is 5.41 Å². The molecule has 0 aromatic heterocycles. The van der Waals surface area contributed by atoms with Crippen molar-refractivity contribution < 1.29 is 29.4 Å². The predicted octanol–water partition coefficient (Wildman–Crippen LogP) is 5.76. The average molecular weight is 611 g/mol. The van der Waals surface area contributed by atoms with Gasteiger partial charge in [0.2, 0.25) is 0 Å². The third-order valence-electron chi connectivity index (χ3n) is 7.86. The Labute approximate surface area is 261 Å². The standard InChI is InChI=1S/C34H50N4O6/c1-5-9-13-21-34(20-12-8-4,32(43)37-35-30(41)26-18-16-24(14-10-6-2)22-28(26)39)33(44)38-36-31(42)27-19-17-25(15-11-7-3)23-29(27)40/h16-19,22-23,39-40H,5-15,20-21H2,1-4H3,(H,35,41)(H,36,42)(H,37,43)(H,38,44). The molecule has 242 valence electrons. The number of phenolic OH excluding ortho intramolecular Hbond substituents is 2. The van der Waals surface area contributed by atoms with E-state index in [2.05, 4.69) is 35.6 Å². The second-order valence-electron chi connectivity index (χ2n) is 11.4. The van der Waals surface area contributed by atoms with Crippen LogP contribution in [0, 0.1) is 5.41 Å². The first-order valence-corrected chi connectivity index (χ1v) is 16.0. The van der Waals surface area contributed by atoms with E-state index >= 15 is 0 Å². The van der Waals surface area contributed by atoms with Gasteiger partial charge in [-0.3, -0.25) is 40.9 Å². The highest BCUT2D eigenvalue weighted by atomic mass is 16.3. The van der Waals surface area contributed by atoms with Crippen LogP contribution in [-0.2, 0) is 22.4 Å². The molecule has 44 heavy (non-hydrogen) atoms. The fraction of sp³-hybridized carbons (Fsp3) is 0.529. The molecule has 2 aromatic rings. The number of aromatic hydroxyl groups is 2. The van der Waals surface area contributed by atoms with Crippen molar-refractivity contribution >= 4 is 23.6 Å². The highest BCUT2D eigenvalue weighted by molar-refractivity contribution is 6.07. The molecule has 0 radical (unpaired) electrons. The number of carbonyl (C=O) groups excluding carboxylic acids is 4. The van der Waals surface area contributed by atoms with E-state index in [-0.39, 0.29) is 35.5 Å².